The Morgan fingerprint density at radius 3 is 2.95 bits per heavy atom. The predicted octanol–water partition coefficient (Wildman–Crippen LogP) is 0.911. The van der Waals surface area contributed by atoms with Crippen LogP contribution in [0.1, 0.15) is 26.2 Å². The molecule has 1 aromatic rings. The first-order valence-electron chi connectivity index (χ1n) is 7.16. The average Bonchev–Trinajstić information content (AvgIpc) is 2.52. The summed E-state index contributed by atoms with van der Waals surface area (Å²) in [6.45, 7) is 4.78. The van der Waals surface area contributed by atoms with E-state index in [-0.39, 0.29) is 6.61 Å². The van der Waals surface area contributed by atoms with Gasteiger partial charge in [0.05, 0.1) is 7.11 Å². The van der Waals surface area contributed by atoms with Crippen LogP contribution < -0.4 is 15.0 Å². The zero-order valence-electron chi connectivity index (χ0n) is 12.2. The molecule has 1 fully saturated rings. The van der Waals surface area contributed by atoms with Crippen LogP contribution in [0, 0.1) is 5.92 Å². The lowest BCUT2D eigenvalue weighted by Crippen LogP contribution is -2.38. The molecule has 1 aromatic heterocycles. The van der Waals surface area contributed by atoms with Crippen molar-refractivity contribution >= 4 is 11.9 Å². The summed E-state index contributed by atoms with van der Waals surface area (Å²) in [5, 5.41) is 12.5. The van der Waals surface area contributed by atoms with E-state index in [1.54, 1.807) is 7.11 Å². The second-order valence-corrected chi connectivity index (χ2v) is 5.01. The Labute approximate surface area is 119 Å². The molecule has 1 unspecified atom stereocenters. The summed E-state index contributed by atoms with van der Waals surface area (Å²) in [4.78, 5) is 15.0. The molecule has 0 aromatic carbocycles. The lowest BCUT2D eigenvalue weighted by Gasteiger charge is -2.31. The van der Waals surface area contributed by atoms with Gasteiger partial charge in [0.25, 0.3) is 0 Å². The molecule has 0 aliphatic carbocycles. The van der Waals surface area contributed by atoms with Crippen LogP contribution >= 0.6 is 0 Å². The fraction of sp³-hybridized carbons (Fsp3) is 0.769. The number of ether oxygens (including phenoxy) is 1. The maximum Gasteiger partial charge on any atom is 0.322 e. The molecule has 1 aliphatic heterocycles. The molecule has 20 heavy (non-hydrogen) atoms. The van der Waals surface area contributed by atoms with Gasteiger partial charge in [-0.3, -0.25) is 0 Å². The van der Waals surface area contributed by atoms with Crippen LogP contribution in [0.15, 0.2) is 0 Å². The standard InChI is InChI=1S/C13H23N5O2/c1-3-6-14-11-15-12(17-13(16-11)20-2)18-7-4-5-10(8-18)9-19/h10,19H,3-9H2,1-2H3,(H,14,15,16,17). The van der Waals surface area contributed by atoms with E-state index in [1.165, 1.54) is 0 Å². The summed E-state index contributed by atoms with van der Waals surface area (Å²) in [7, 11) is 1.55. The minimum atomic E-state index is 0.208. The number of anilines is 2. The Kier molecular flexibility index (Phi) is 5.34. The molecule has 0 radical (unpaired) electrons. The fourth-order valence-corrected chi connectivity index (χ4v) is 2.29. The number of piperidine rings is 1. The summed E-state index contributed by atoms with van der Waals surface area (Å²) in [5.74, 6) is 1.45. The average molecular weight is 281 g/mol. The van der Waals surface area contributed by atoms with Crippen molar-refractivity contribution in [3.8, 4) is 6.01 Å². The largest absolute Gasteiger partial charge is 0.467 e. The highest BCUT2D eigenvalue weighted by Crippen LogP contribution is 2.22. The molecule has 0 saturated carbocycles. The smallest absolute Gasteiger partial charge is 0.322 e. The zero-order chi connectivity index (χ0) is 14.4. The Balaban J connectivity index is 2.16. The quantitative estimate of drug-likeness (QED) is 0.802. The third-order valence-electron chi connectivity index (χ3n) is 3.38. The Morgan fingerprint density at radius 1 is 1.40 bits per heavy atom. The monoisotopic (exact) mass is 281 g/mol. The predicted molar refractivity (Wildman–Crippen MR) is 77.2 cm³/mol. The van der Waals surface area contributed by atoms with Gasteiger partial charge in [0.15, 0.2) is 0 Å². The molecular weight excluding hydrogens is 258 g/mol. The van der Waals surface area contributed by atoms with Crippen LogP contribution in [-0.2, 0) is 0 Å². The SMILES string of the molecule is CCCNc1nc(OC)nc(N2CCCC(CO)C2)n1. The lowest BCUT2D eigenvalue weighted by atomic mass is 9.99. The number of hydrogen-bond donors (Lipinski definition) is 2. The molecule has 112 valence electrons. The fourth-order valence-electron chi connectivity index (χ4n) is 2.29. The van der Waals surface area contributed by atoms with Gasteiger partial charge in [-0.1, -0.05) is 6.92 Å². The molecule has 7 heteroatoms. The van der Waals surface area contributed by atoms with Crippen molar-refractivity contribution < 1.29 is 9.84 Å². The van der Waals surface area contributed by atoms with Crippen LogP contribution in [0.25, 0.3) is 0 Å². The third-order valence-corrected chi connectivity index (χ3v) is 3.38. The number of aliphatic hydroxyl groups excluding tert-OH is 1. The topological polar surface area (TPSA) is 83.4 Å². The molecule has 7 nitrogen and oxygen atoms in total. The van der Waals surface area contributed by atoms with Crippen molar-refractivity contribution in [2.24, 2.45) is 5.92 Å². The summed E-state index contributed by atoms with van der Waals surface area (Å²) < 4.78 is 5.14. The van der Waals surface area contributed by atoms with E-state index in [2.05, 4.69) is 32.1 Å². The third kappa shape index (κ3) is 3.69. The number of rotatable bonds is 6. The van der Waals surface area contributed by atoms with Gasteiger partial charge in [-0.2, -0.15) is 15.0 Å². The lowest BCUT2D eigenvalue weighted by molar-refractivity contribution is 0.208. The number of aromatic nitrogens is 3. The van der Waals surface area contributed by atoms with Crippen molar-refractivity contribution in [3.05, 3.63) is 0 Å². The second kappa shape index (κ2) is 7.23. The molecular formula is C13H23N5O2. The number of methoxy groups -OCH3 is 1. The van der Waals surface area contributed by atoms with E-state index < -0.39 is 0 Å². The molecule has 2 rings (SSSR count). The molecule has 0 amide bonds. The van der Waals surface area contributed by atoms with Crippen LogP contribution in [0.5, 0.6) is 6.01 Å². The van der Waals surface area contributed by atoms with E-state index in [0.717, 1.165) is 38.9 Å². The maximum absolute atomic E-state index is 9.31. The molecule has 1 saturated heterocycles. The first-order chi connectivity index (χ1) is 9.76. The molecule has 2 heterocycles. The van der Waals surface area contributed by atoms with Gasteiger partial charge >= 0.3 is 6.01 Å². The number of nitrogens with zero attached hydrogens (tertiary/aromatic N) is 4. The molecule has 0 bridgehead atoms. The van der Waals surface area contributed by atoms with E-state index in [9.17, 15) is 5.11 Å². The van der Waals surface area contributed by atoms with Gasteiger partial charge in [-0.25, -0.2) is 0 Å². The Hall–Kier alpha value is -1.63. The van der Waals surface area contributed by atoms with Crippen LogP contribution in [0.2, 0.25) is 0 Å². The van der Waals surface area contributed by atoms with Crippen molar-refractivity contribution in [3.63, 3.8) is 0 Å². The van der Waals surface area contributed by atoms with Crippen LogP contribution in [-0.4, -0.2) is 53.4 Å². The van der Waals surface area contributed by atoms with Gasteiger partial charge < -0.3 is 20.1 Å². The van der Waals surface area contributed by atoms with Crippen LogP contribution in [0.4, 0.5) is 11.9 Å². The second-order valence-electron chi connectivity index (χ2n) is 5.01. The van der Waals surface area contributed by atoms with Crippen LogP contribution in [0.3, 0.4) is 0 Å². The highest BCUT2D eigenvalue weighted by molar-refractivity contribution is 5.38. The van der Waals surface area contributed by atoms with Gasteiger partial charge in [0.2, 0.25) is 11.9 Å². The molecule has 1 aliphatic rings. The number of aliphatic hydroxyl groups is 1. The minimum absolute atomic E-state index is 0.208. The summed E-state index contributed by atoms with van der Waals surface area (Å²) >= 11 is 0. The van der Waals surface area contributed by atoms with Crippen molar-refractivity contribution in [2.45, 2.75) is 26.2 Å². The normalized spacial score (nSPS) is 18.9. The van der Waals surface area contributed by atoms with Crippen molar-refractivity contribution in [1.29, 1.82) is 0 Å². The van der Waals surface area contributed by atoms with Crippen molar-refractivity contribution in [2.75, 3.05) is 43.6 Å². The first-order valence-corrected chi connectivity index (χ1v) is 7.16. The van der Waals surface area contributed by atoms with E-state index in [0.29, 0.717) is 23.8 Å². The van der Waals surface area contributed by atoms with Gasteiger partial charge in [0, 0.05) is 26.2 Å². The maximum atomic E-state index is 9.31. The van der Waals surface area contributed by atoms with Crippen molar-refractivity contribution in [1.82, 2.24) is 15.0 Å². The first kappa shape index (κ1) is 14.8. The van der Waals surface area contributed by atoms with Gasteiger partial charge in [0.1, 0.15) is 0 Å². The zero-order valence-corrected chi connectivity index (χ0v) is 12.2. The highest BCUT2D eigenvalue weighted by Gasteiger charge is 2.22. The number of nitrogens with one attached hydrogen (secondary N) is 1. The highest BCUT2D eigenvalue weighted by atomic mass is 16.5. The van der Waals surface area contributed by atoms with E-state index in [1.807, 2.05) is 0 Å². The van der Waals surface area contributed by atoms with E-state index >= 15 is 0 Å². The van der Waals surface area contributed by atoms with E-state index in [4.69, 9.17) is 4.74 Å². The summed E-state index contributed by atoms with van der Waals surface area (Å²) in [6.07, 6.45) is 3.09. The Bertz CT molecular complexity index is 429. The van der Waals surface area contributed by atoms with Gasteiger partial charge in [-0.05, 0) is 25.2 Å². The Morgan fingerprint density at radius 2 is 2.25 bits per heavy atom. The molecule has 1 atom stereocenters. The molecule has 2 N–H and O–H groups in total. The van der Waals surface area contributed by atoms with Gasteiger partial charge in [-0.15, -0.1) is 0 Å². The summed E-state index contributed by atoms with van der Waals surface area (Å²) in [5.41, 5.74) is 0. The number of hydrogen-bond acceptors (Lipinski definition) is 7. The summed E-state index contributed by atoms with van der Waals surface area (Å²) in [6, 6.07) is 0.319. The molecule has 0 spiro atoms. The minimum Gasteiger partial charge on any atom is -0.467 e.